The Labute approximate surface area is 120 Å². The summed E-state index contributed by atoms with van der Waals surface area (Å²) in [6.07, 6.45) is 0.912. The lowest BCUT2D eigenvalue weighted by Crippen LogP contribution is -2.47. The zero-order valence-corrected chi connectivity index (χ0v) is 12.5. The van der Waals surface area contributed by atoms with Crippen LogP contribution in [0.2, 0.25) is 0 Å². The molecule has 6 heteroatoms. The van der Waals surface area contributed by atoms with E-state index in [1.165, 1.54) is 5.69 Å². The van der Waals surface area contributed by atoms with E-state index in [0.29, 0.717) is 13.1 Å². The van der Waals surface area contributed by atoms with Crippen molar-refractivity contribution in [3.63, 3.8) is 0 Å². The van der Waals surface area contributed by atoms with Crippen LogP contribution in [0.4, 0.5) is 0 Å². The van der Waals surface area contributed by atoms with E-state index >= 15 is 0 Å². The van der Waals surface area contributed by atoms with E-state index in [0.717, 1.165) is 44.8 Å². The van der Waals surface area contributed by atoms with Gasteiger partial charge < -0.3 is 10.6 Å². The SMILES string of the molecule is Cc1cc(C)n(CCCNC(=O)CN2CCNCC2)n1. The molecule has 1 aromatic rings. The van der Waals surface area contributed by atoms with Gasteiger partial charge in [0.15, 0.2) is 0 Å². The summed E-state index contributed by atoms with van der Waals surface area (Å²) in [7, 11) is 0. The lowest BCUT2D eigenvalue weighted by molar-refractivity contribution is -0.122. The van der Waals surface area contributed by atoms with Crippen LogP contribution in [0.3, 0.4) is 0 Å². The molecule has 0 radical (unpaired) electrons. The molecule has 0 aromatic carbocycles. The smallest absolute Gasteiger partial charge is 0.234 e. The average Bonchev–Trinajstić information content (AvgIpc) is 2.74. The monoisotopic (exact) mass is 279 g/mol. The van der Waals surface area contributed by atoms with Crippen LogP contribution in [0.1, 0.15) is 17.8 Å². The second kappa shape index (κ2) is 7.40. The Kier molecular flexibility index (Phi) is 5.55. The van der Waals surface area contributed by atoms with Crippen molar-refractivity contribution in [2.24, 2.45) is 0 Å². The zero-order chi connectivity index (χ0) is 14.4. The van der Waals surface area contributed by atoms with Gasteiger partial charge >= 0.3 is 0 Å². The maximum Gasteiger partial charge on any atom is 0.234 e. The summed E-state index contributed by atoms with van der Waals surface area (Å²) in [5.41, 5.74) is 2.22. The molecule has 0 unspecified atom stereocenters. The van der Waals surface area contributed by atoms with Crippen molar-refractivity contribution < 1.29 is 4.79 Å². The summed E-state index contributed by atoms with van der Waals surface area (Å²) >= 11 is 0. The molecule has 1 fully saturated rings. The first-order valence-electron chi connectivity index (χ1n) is 7.36. The van der Waals surface area contributed by atoms with Crippen LogP contribution in [0.15, 0.2) is 6.07 Å². The summed E-state index contributed by atoms with van der Waals surface area (Å²) in [5, 5.41) is 10.7. The van der Waals surface area contributed by atoms with Crippen molar-refractivity contribution in [1.29, 1.82) is 0 Å². The maximum atomic E-state index is 11.8. The number of aromatic nitrogens is 2. The fraction of sp³-hybridized carbons (Fsp3) is 0.714. The van der Waals surface area contributed by atoms with Gasteiger partial charge in [0.05, 0.1) is 12.2 Å². The molecule has 0 aliphatic carbocycles. The summed E-state index contributed by atoms with van der Waals surface area (Å²) < 4.78 is 2.00. The van der Waals surface area contributed by atoms with Crippen molar-refractivity contribution in [2.45, 2.75) is 26.8 Å². The number of amides is 1. The molecule has 20 heavy (non-hydrogen) atoms. The van der Waals surface area contributed by atoms with Crippen LogP contribution in [0.5, 0.6) is 0 Å². The maximum absolute atomic E-state index is 11.8. The Morgan fingerprint density at radius 1 is 1.40 bits per heavy atom. The topological polar surface area (TPSA) is 62.2 Å². The molecule has 112 valence electrons. The first kappa shape index (κ1) is 15.0. The molecular weight excluding hydrogens is 254 g/mol. The number of carbonyl (C=O) groups excluding carboxylic acids is 1. The lowest BCUT2D eigenvalue weighted by Gasteiger charge is -2.26. The van der Waals surface area contributed by atoms with E-state index < -0.39 is 0 Å². The van der Waals surface area contributed by atoms with Gasteiger partial charge in [0.25, 0.3) is 0 Å². The van der Waals surface area contributed by atoms with Gasteiger partial charge in [-0.1, -0.05) is 0 Å². The molecule has 2 rings (SSSR count). The number of hydrogen-bond acceptors (Lipinski definition) is 4. The van der Waals surface area contributed by atoms with Crippen molar-refractivity contribution >= 4 is 5.91 Å². The first-order chi connectivity index (χ1) is 9.65. The van der Waals surface area contributed by atoms with E-state index in [9.17, 15) is 4.79 Å². The molecule has 6 nitrogen and oxygen atoms in total. The highest BCUT2D eigenvalue weighted by atomic mass is 16.2. The molecule has 1 aliphatic heterocycles. The van der Waals surface area contributed by atoms with Crippen LogP contribution in [-0.4, -0.2) is 59.9 Å². The largest absolute Gasteiger partial charge is 0.355 e. The van der Waals surface area contributed by atoms with Gasteiger partial charge in [0, 0.05) is 45.0 Å². The van der Waals surface area contributed by atoms with Gasteiger partial charge in [0.1, 0.15) is 0 Å². The molecule has 1 saturated heterocycles. The van der Waals surface area contributed by atoms with Crippen molar-refractivity contribution in [3.05, 3.63) is 17.5 Å². The molecule has 1 amide bonds. The van der Waals surface area contributed by atoms with Crippen molar-refractivity contribution in [3.8, 4) is 0 Å². The second-order valence-electron chi connectivity index (χ2n) is 5.38. The molecule has 1 aromatic heterocycles. The van der Waals surface area contributed by atoms with Crippen molar-refractivity contribution in [2.75, 3.05) is 39.3 Å². The van der Waals surface area contributed by atoms with E-state index in [-0.39, 0.29) is 5.91 Å². The van der Waals surface area contributed by atoms with E-state index in [2.05, 4.69) is 33.6 Å². The van der Waals surface area contributed by atoms with Gasteiger partial charge in [-0.3, -0.25) is 14.4 Å². The number of carbonyl (C=O) groups is 1. The third-order valence-electron chi connectivity index (χ3n) is 3.55. The normalized spacial score (nSPS) is 16.3. The molecule has 2 N–H and O–H groups in total. The lowest BCUT2D eigenvalue weighted by atomic mass is 10.3. The van der Waals surface area contributed by atoms with Crippen LogP contribution < -0.4 is 10.6 Å². The Hall–Kier alpha value is -1.40. The molecule has 2 heterocycles. The fourth-order valence-electron chi connectivity index (χ4n) is 2.49. The summed E-state index contributed by atoms with van der Waals surface area (Å²) in [6, 6.07) is 2.07. The minimum Gasteiger partial charge on any atom is -0.355 e. The highest BCUT2D eigenvalue weighted by Crippen LogP contribution is 2.02. The number of hydrogen-bond donors (Lipinski definition) is 2. The quantitative estimate of drug-likeness (QED) is 0.715. The molecule has 1 aliphatic rings. The predicted molar refractivity (Wildman–Crippen MR) is 78.6 cm³/mol. The first-order valence-corrected chi connectivity index (χ1v) is 7.36. The Bertz CT molecular complexity index is 437. The molecular formula is C14H25N5O. The van der Waals surface area contributed by atoms with E-state index in [4.69, 9.17) is 0 Å². The fourth-order valence-corrected chi connectivity index (χ4v) is 2.49. The van der Waals surface area contributed by atoms with Crippen LogP contribution in [-0.2, 0) is 11.3 Å². The van der Waals surface area contributed by atoms with Gasteiger partial charge in [-0.05, 0) is 26.3 Å². The standard InChI is InChI=1S/C14H25N5O/c1-12-10-13(2)19(17-12)7-3-4-16-14(20)11-18-8-5-15-6-9-18/h10,15H,3-9,11H2,1-2H3,(H,16,20). The summed E-state index contributed by atoms with van der Waals surface area (Å²) in [6.45, 7) is 10.0. The zero-order valence-electron chi connectivity index (χ0n) is 12.5. The Morgan fingerprint density at radius 3 is 2.80 bits per heavy atom. The van der Waals surface area contributed by atoms with Gasteiger partial charge in [0.2, 0.25) is 5.91 Å². The van der Waals surface area contributed by atoms with Gasteiger partial charge in [-0.2, -0.15) is 5.10 Å². The highest BCUT2D eigenvalue weighted by molar-refractivity contribution is 5.77. The summed E-state index contributed by atoms with van der Waals surface area (Å²) in [5.74, 6) is 0.125. The number of nitrogens with zero attached hydrogens (tertiary/aromatic N) is 3. The average molecular weight is 279 g/mol. The number of piperazine rings is 1. The second-order valence-corrected chi connectivity index (χ2v) is 5.38. The van der Waals surface area contributed by atoms with Crippen LogP contribution >= 0.6 is 0 Å². The molecule has 0 spiro atoms. The molecule has 0 atom stereocenters. The van der Waals surface area contributed by atoms with E-state index in [1.54, 1.807) is 0 Å². The van der Waals surface area contributed by atoms with Gasteiger partial charge in [-0.15, -0.1) is 0 Å². The van der Waals surface area contributed by atoms with Crippen LogP contribution in [0.25, 0.3) is 0 Å². The molecule has 0 saturated carbocycles. The predicted octanol–water partition coefficient (Wildman–Crippen LogP) is -0.0886. The Balaban J connectivity index is 1.60. The number of nitrogens with one attached hydrogen (secondary N) is 2. The van der Waals surface area contributed by atoms with Crippen molar-refractivity contribution in [1.82, 2.24) is 25.3 Å². The minimum absolute atomic E-state index is 0.125. The minimum atomic E-state index is 0.125. The number of aryl methyl sites for hydroxylation is 3. The van der Waals surface area contributed by atoms with Gasteiger partial charge in [-0.25, -0.2) is 0 Å². The number of rotatable bonds is 6. The highest BCUT2D eigenvalue weighted by Gasteiger charge is 2.12. The third-order valence-corrected chi connectivity index (χ3v) is 3.55. The Morgan fingerprint density at radius 2 is 2.15 bits per heavy atom. The van der Waals surface area contributed by atoms with E-state index in [1.807, 2.05) is 11.6 Å². The molecule has 0 bridgehead atoms. The summed E-state index contributed by atoms with van der Waals surface area (Å²) in [4.78, 5) is 14.0. The van der Waals surface area contributed by atoms with Crippen LogP contribution in [0, 0.1) is 13.8 Å². The third kappa shape index (κ3) is 4.61.